The SMILES string of the molecule is O=C(O)c1ccc(S(=O)(=O)N(CC2CC2)c2ncc(C(F)(F)F)cc2Cl)cc1. The summed E-state index contributed by atoms with van der Waals surface area (Å²) in [5.41, 5.74) is -1.19. The van der Waals surface area contributed by atoms with Crippen LogP contribution in [0.25, 0.3) is 0 Å². The van der Waals surface area contributed by atoms with Crippen molar-refractivity contribution in [2.75, 3.05) is 10.8 Å². The van der Waals surface area contributed by atoms with Gasteiger partial charge in [0.25, 0.3) is 10.0 Å². The summed E-state index contributed by atoms with van der Waals surface area (Å²) in [6, 6.07) is 5.14. The van der Waals surface area contributed by atoms with Crippen LogP contribution in [0.2, 0.25) is 5.02 Å². The molecule has 150 valence electrons. The lowest BCUT2D eigenvalue weighted by atomic mass is 10.2. The van der Waals surface area contributed by atoms with Gasteiger partial charge in [-0.25, -0.2) is 22.5 Å². The molecule has 1 heterocycles. The second-order valence-corrected chi connectivity index (χ2v) is 8.61. The molecule has 28 heavy (non-hydrogen) atoms. The standard InChI is InChI=1S/C17H14ClF3N2O4S/c18-14-7-12(17(19,20)21)8-22-15(14)23(9-10-1-2-10)28(26,27)13-5-3-11(4-6-13)16(24)25/h3-8,10H,1-2,9H2,(H,24,25). The number of carboxylic acids is 1. The van der Waals surface area contributed by atoms with Crippen LogP contribution in [0, 0.1) is 5.92 Å². The lowest BCUT2D eigenvalue weighted by Crippen LogP contribution is -2.34. The van der Waals surface area contributed by atoms with Crippen LogP contribution in [-0.4, -0.2) is 31.0 Å². The van der Waals surface area contributed by atoms with Crippen LogP contribution >= 0.6 is 11.6 Å². The number of carboxylic acid groups (broad SMARTS) is 1. The van der Waals surface area contributed by atoms with E-state index in [1.807, 2.05) is 0 Å². The van der Waals surface area contributed by atoms with Crippen molar-refractivity contribution in [3.63, 3.8) is 0 Å². The smallest absolute Gasteiger partial charge is 0.417 e. The number of pyridine rings is 1. The number of alkyl halides is 3. The number of rotatable bonds is 6. The van der Waals surface area contributed by atoms with Gasteiger partial charge in [-0.2, -0.15) is 13.2 Å². The molecule has 1 N–H and O–H groups in total. The highest BCUT2D eigenvalue weighted by Gasteiger charge is 2.36. The summed E-state index contributed by atoms with van der Waals surface area (Å²) in [4.78, 5) is 14.4. The molecular weight excluding hydrogens is 421 g/mol. The van der Waals surface area contributed by atoms with Gasteiger partial charge in [-0.05, 0) is 49.1 Å². The van der Waals surface area contributed by atoms with Crippen molar-refractivity contribution in [2.45, 2.75) is 23.9 Å². The third kappa shape index (κ3) is 4.22. The molecule has 0 unspecified atom stereocenters. The summed E-state index contributed by atoms with van der Waals surface area (Å²) in [5.74, 6) is -1.47. The van der Waals surface area contributed by atoms with Gasteiger partial charge in [0.2, 0.25) is 0 Å². The monoisotopic (exact) mass is 434 g/mol. The second-order valence-electron chi connectivity index (χ2n) is 6.34. The maximum atomic E-state index is 13.1. The average Bonchev–Trinajstić information content (AvgIpc) is 3.43. The Morgan fingerprint density at radius 1 is 1.25 bits per heavy atom. The summed E-state index contributed by atoms with van der Waals surface area (Å²) in [5, 5.41) is 8.50. The van der Waals surface area contributed by atoms with E-state index in [9.17, 15) is 26.4 Å². The number of benzene rings is 1. The van der Waals surface area contributed by atoms with Gasteiger partial charge in [-0.3, -0.25) is 0 Å². The molecule has 1 aromatic heterocycles. The molecule has 2 aromatic rings. The van der Waals surface area contributed by atoms with E-state index >= 15 is 0 Å². The maximum Gasteiger partial charge on any atom is 0.417 e. The molecular formula is C17H14ClF3N2O4S. The highest BCUT2D eigenvalue weighted by atomic mass is 35.5. The lowest BCUT2D eigenvalue weighted by Gasteiger charge is -2.24. The molecule has 0 spiro atoms. The Kier molecular flexibility index (Phi) is 5.28. The molecule has 3 rings (SSSR count). The highest BCUT2D eigenvalue weighted by molar-refractivity contribution is 7.92. The molecule has 0 saturated heterocycles. The summed E-state index contributed by atoms with van der Waals surface area (Å²) in [6.45, 7) is 0.0150. The zero-order chi connectivity index (χ0) is 20.7. The van der Waals surface area contributed by atoms with E-state index in [1.165, 1.54) is 0 Å². The van der Waals surface area contributed by atoms with Crippen LogP contribution in [0.3, 0.4) is 0 Å². The molecule has 1 fully saturated rings. The largest absolute Gasteiger partial charge is 0.478 e. The maximum absolute atomic E-state index is 13.1. The van der Waals surface area contributed by atoms with Crippen LogP contribution < -0.4 is 4.31 Å². The Bertz CT molecular complexity index is 1010. The molecule has 6 nitrogen and oxygen atoms in total. The highest BCUT2D eigenvalue weighted by Crippen LogP contribution is 2.38. The number of hydrogen-bond acceptors (Lipinski definition) is 4. The van der Waals surface area contributed by atoms with Gasteiger partial charge in [0.1, 0.15) is 0 Å². The molecule has 0 atom stereocenters. The number of nitrogens with zero attached hydrogens (tertiary/aromatic N) is 2. The van der Waals surface area contributed by atoms with Gasteiger partial charge in [-0.15, -0.1) is 0 Å². The first-order valence-corrected chi connectivity index (χ1v) is 9.91. The van der Waals surface area contributed by atoms with E-state index < -0.39 is 32.8 Å². The Morgan fingerprint density at radius 3 is 2.32 bits per heavy atom. The van der Waals surface area contributed by atoms with E-state index in [0.717, 1.165) is 41.4 Å². The van der Waals surface area contributed by atoms with Gasteiger partial charge >= 0.3 is 12.1 Å². The van der Waals surface area contributed by atoms with E-state index in [2.05, 4.69) is 4.98 Å². The van der Waals surface area contributed by atoms with Crippen molar-refractivity contribution in [2.24, 2.45) is 5.92 Å². The third-order valence-corrected chi connectivity index (χ3v) is 6.24. The molecule has 0 bridgehead atoms. The lowest BCUT2D eigenvalue weighted by molar-refractivity contribution is -0.137. The number of carbonyl (C=O) groups is 1. The van der Waals surface area contributed by atoms with Gasteiger partial charge in [-0.1, -0.05) is 11.6 Å². The van der Waals surface area contributed by atoms with E-state index in [-0.39, 0.29) is 28.7 Å². The van der Waals surface area contributed by atoms with Crippen molar-refractivity contribution in [3.8, 4) is 0 Å². The average molecular weight is 435 g/mol. The summed E-state index contributed by atoms with van der Waals surface area (Å²) >= 11 is 5.95. The molecule has 0 aliphatic heterocycles. The van der Waals surface area contributed by atoms with Crippen LogP contribution in [-0.2, 0) is 16.2 Å². The van der Waals surface area contributed by atoms with E-state index in [4.69, 9.17) is 16.7 Å². The Balaban J connectivity index is 2.03. The van der Waals surface area contributed by atoms with Gasteiger partial charge in [0, 0.05) is 12.7 Å². The molecule has 0 radical (unpaired) electrons. The van der Waals surface area contributed by atoms with Crippen LogP contribution in [0.5, 0.6) is 0 Å². The van der Waals surface area contributed by atoms with Crippen molar-refractivity contribution in [3.05, 3.63) is 52.7 Å². The first-order chi connectivity index (χ1) is 13.0. The minimum Gasteiger partial charge on any atom is -0.478 e. The number of anilines is 1. The van der Waals surface area contributed by atoms with Crippen LogP contribution in [0.15, 0.2) is 41.4 Å². The van der Waals surface area contributed by atoms with Crippen LogP contribution in [0.4, 0.5) is 19.0 Å². The number of halogens is 4. The van der Waals surface area contributed by atoms with Crippen molar-refractivity contribution in [1.29, 1.82) is 0 Å². The molecule has 11 heteroatoms. The quantitative estimate of drug-likeness (QED) is 0.740. The molecule has 1 saturated carbocycles. The fraction of sp³-hybridized carbons (Fsp3) is 0.294. The zero-order valence-electron chi connectivity index (χ0n) is 14.1. The summed E-state index contributed by atoms with van der Waals surface area (Å²) in [7, 11) is -4.21. The Labute approximate surface area is 163 Å². The Hall–Kier alpha value is -2.33. The normalized spacial score (nSPS) is 14.7. The fourth-order valence-electron chi connectivity index (χ4n) is 2.50. The fourth-order valence-corrected chi connectivity index (χ4v) is 4.33. The zero-order valence-corrected chi connectivity index (χ0v) is 15.7. The van der Waals surface area contributed by atoms with E-state index in [1.54, 1.807) is 0 Å². The Morgan fingerprint density at radius 2 is 1.86 bits per heavy atom. The summed E-state index contributed by atoms with van der Waals surface area (Å²) in [6.07, 6.45) is -2.57. The van der Waals surface area contributed by atoms with Crippen molar-refractivity contribution in [1.82, 2.24) is 4.98 Å². The topological polar surface area (TPSA) is 87.6 Å². The van der Waals surface area contributed by atoms with Crippen LogP contribution in [0.1, 0.15) is 28.8 Å². The third-order valence-electron chi connectivity index (χ3n) is 4.20. The first kappa shape index (κ1) is 20.4. The number of hydrogen-bond donors (Lipinski definition) is 1. The van der Waals surface area contributed by atoms with Gasteiger partial charge < -0.3 is 5.11 Å². The first-order valence-electron chi connectivity index (χ1n) is 8.09. The minimum absolute atomic E-state index is 0.0150. The van der Waals surface area contributed by atoms with Gasteiger partial charge in [0.05, 0.1) is 21.0 Å². The molecule has 1 aromatic carbocycles. The van der Waals surface area contributed by atoms with Gasteiger partial charge in [0.15, 0.2) is 5.82 Å². The molecule has 1 aliphatic carbocycles. The number of sulfonamides is 1. The minimum atomic E-state index is -4.66. The molecule has 1 aliphatic rings. The number of aromatic nitrogens is 1. The van der Waals surface area contributed by atoms with Crippen molar-refractivity contribution >= 4 is 33.4 Å². The predicted octanol–water partition coefficient (Wildman–Crippen LogP) is 4.06. The number of aromatic carboxylic acids is 1. The second kappa shape index (κ2) is 7.25. The summed E-state index contributed by atoms with van der Waals surface area (Å²) < 4.78 is 65.5. The molecule has 0 amide bonds. The van der Waals surface area contributed by atoms with E-state index in [0.29, 0.717) is 12.3 Å². The predicted molar refractivity (Wildman–Crippen MR) is 94.9 cm³/mol. The van der Waals surface area contributed by atoms with Crippen molar-refractivity contribution < 1.29 is 31.5 Å².